The molecule has 11 aromatic rings. The number of pyridine rings is 1. The van der Waals surface area contributed by atoms with Crippen LogP contribution < -0.4 is 0 Å². The van der Waals surface area contributed by atoms with Crippen LogP contribution in [0.1, 0.15) is 11.1 Å². The normalized spacial score (nSPS) is 11.6. The molecule has 0 bridgehead atoms. The SMILES string of the molecule is Cc1ccc(-c2cc(-c3ccc(C)cc3)nc(-c3cccc(-c4ccc5nc(-c6ccccc6)c6c(ccc7c6c6ccccc6n7-c6ccccc6)c5c4)c3)n2)cc1. The van der Waals surface area contributed by atoms with Crippen LogP contribution in [0.5, 0.6) is 0 Å². The maximum absolute atomic E-state index is 5.47. The van der Waals surface area contributed by atoms with Gasteiger partial charge in [0.25, 0.3) is 0 Å². The molecule has 0 amide bonds. The van der Waals surface area contributed by atoms with Gasteiger partial charge in [-0.3, -0.25) is 0 Å². The molecule has 3 aromatic heterocycles. The Labute approximate surface area is 342 Å². The summed E-state index contributed by atoms with van der Waals surface area (Å²) in [5.41, 5.74) is 16.0. The van der Waals surface area contributed by atoms with E-state index in [0.717, 1.165) is 78.0 Å². The lowest BCUT2D eigenvalue weighted by atomic mass is 9.94. The number of hydrogen-bond acceptors (Lipinski definition) is 3. The van der Waals surface area contributed by atoms with E-state index in [-0.39, 0.29) is 0 Å². The number of rotatable bonds is 6. The number of hydrogen-bond donors (Lipinski definition) is 0. The molecule has 0 unspecified atom stereocenters. The van der Waals surface area contributed by atoms with Crippen molar-refractivity contribution in [1.82, 2.24) is 19.5 Å². The topological polar surface area (TPSA) is 43.6 Å². The van der Waals surface area contributed by atoms with Gasteiger partial charge in [0.2, 0.25) is 0 Å². The zero-order chi connectivity index (χ0) is 39.5. The fourth-order valence-corrected chi connectivity index (χ4v) is 8.55. The van der Waals surface area contributed by atoms with E-state index < -0.39 is 0 Å². The molecule has 0 radical (unpaired) electrons. The Morgan fingerprint density at radius 2 is 0.949 bits per heavy atom. The Morgan fingerprint density at radius 3 is 1.66 bits per heavy atom. The number of nitrogens with zero attached hydrogens (tertiary/aromatic N) is 4. The van der Waals surface area contributed by atoms with E-state index in [1.807, 2.05) is 0 Å². The Morgan fingerprint density at radius 1 is 0.356 bits per heavy atom. The van der Waals surface area contributed by atoms with E-state index in [2.05, 4.69) is 213 Å². The molecule has 0 aliphatic heterocycles. The fraction of sp³-hybridized carbons (Fsp3) is 0.0364. The molecule has 0 atom stereocenters. The number of aryl methyl sites for hydroxylation is 2. The van der Waals surface area contributed by atoms with Crippen molar-refractivity contribution < 1.29 is 0 Å². The fourth-order valence-electron chi connectivity index (χ4n) is 8.55. The predicted octanol–water partition coefficient (Wildman–Crippen LogP) is 14.2. The van der Waals surface area contributed by atoms with Crippen LogP contribution in [-0.4, -0.2) is 19.5 Å². The lowest BCUT2D eigenvalue weighted by Crippen LogP contribution is -1.96. The first-order valence-corrected chi connectivity index (χ1v) is 20.1. The number of aromatic nitrogens is 4. The molecule has 11 rings (SSSR count). The van der Waals surface area contributed by atoms with Crippen LogP contribution in [0.2, 0.25) is 0 Å². The standard InChI is InChI=1S/C55H38N4/c1-35-20-24-37(25-21-35)48-34-49(38-26-22-36(2)23-27-38)58-55(57-48)42-15-11-14-40(32-42)41-28-30-47-46(33-41)44-29-31-51-52(53(44)54(56-47)39-12-5-3-6-13-39)45-18-9-10-19-50(45)59(51)43-16-7-4-8-17-43/h3-34H,1-2H3. The third-order valence-electron chi connectivity index (χ3n) is 11.5. The van der Waals surface area contributed by atoms with E-state index in [9.17, 15) is 0 Å². The first kappa shape index (κ1) is 34.5. The summed E-state index contributed by atoms with van der Waals surface area (Å²) < 4.78 is 2.38. The molecular weight excluding hydrogens is 717 g/mol. The van der Waals surface area contributed by atoms with Crippen molar-refractivity contribution >= 4 is 43.5 Å². The van der Waals surface area contributed by atoms with E-state index in [1.54, 1.807) is 0 Å². The minimum Gasteiger partial charge on any atom is -0.309 e. The molecule has 0 spiro atoms. The molecule has 0 saturated carbocycles. The lowest BCUT2D eigenvalue weighted by Gasteiger charge is -2.14. The number of benzene rings is 8. The highest BCUT2D eigenvalue weighted by Gasteiger charge is 2.20. The van der Waals surface area contributed by atoms with Crippen molar-refractivity contribution in [2.75, 3.05) is 0 Å². The Hall–Kier alpha value is -7.69. The van der Waals surface area contributed by atoms with Crippen LogP contribution in [0.3, 0.4) is 0 Å². The summed E-state index contributed by atoms with van der Waals surface area (Å²) in [4.78, 5) is 15.8. The summed E-state index contributed by atoms with van der Waals surface area (Å²) in [6.45, 7) is 4.22. The molecule has 0 saturated heterocycles. The summed E-state index contributed by atoms with van der Waals surface area (Å²) in [6.07, 6.45) is 0. The highest BCUT2D eigenvalue weighted by atomic mass is 15.0. The number of fused-ring (bicyclic) bond motifs is 7. The van der Waals surface area contributed by atoms with Gasteiger partial charge in [0.1, 0.15) is 0 Å². The van der Waals surface area contributed by atoms with Crippen molar-refractivity contribution in [3.8, 4) is 62.0 Å². The minimum atomic E-state index is 0.693. The second-order valence-electron chi connectivity index (χ2n) is 15.4. The molecule has 0 aliphatic rings. The monoisotopic (exact) mass is 754 g/mol. The van der Waals surface area contributed by atoms with Crippen LogP contribution in [0.25, 0.3) is 105 Å². The van der Waals surface area contributed by atoms with Gasteiger partial charge in [-0.2, -0.15) is 0 Å². The van der Waals surface area contributed by atoms with Crippen molar-refractivity contribution in [1.29, 1.82) is 0 Å². The van der Waals surface area contributed by atoms with Gasteiger partial charge in [0.15, 0.2) is 5.82 Å². The van der Waals surface area contributed by atoms with Crippen molar-refractivity contribution in [2.24, 2.45) is 0 Å². The summed E-state index contributed by atoms with van der Waals surface area (Å²) in [5.74, 6) is 0.693. The second kappa shape index (κ2) is 14.0. The molecule has 4 heteroatoms. The molecule has 0 N–H and O–H groups in total. The summed E-state index contributed by atoms with van der Waals surface area (Å²) in [6, 6.07) is 69.0. The largest absolute Gasteiger partial charge is 0.309 e. The maximum Gasteiger partial charge on any atom is 0.160 e. The van der Waals surface area contributed by atoms with Gasteiger partial charge in [-0.1, -0.05) is 157 Å². The van der Waals surface area contributed by atoms with Gasteiger partial charge in [-0.25, -0.2) is 15.0 Å². The van der Waals surface area contributed by atoms with Crippen LogP contribution >= 0.6 is 0 Å². The minimum absolute atomic E-state index is 0.693. The average molecular weight is 755 g/mol. The highest BCUT2D eigenvalue weighted by molar-refractivity contribution is 6.28. The Balaban J connectivity index is 1.11. The van der Waals surface area contributed by atoms with E-state index in [4.69, 9.17) is 15.0 Å². The molecule has 8 aromatic carbocycles. The van der Waals surface area contributed by atoms with Crippen LogP contribution in [0.4, 0.5) is 0 Å². The molecule has 4 nitrogen and oxygen atoms in total. The zero-order valence-electron chi connectivity index (χ0n) is 32.8. The van der Waals surface area contributed by atoms with Crippen molar-refractivity contribution in [3.05, 3.63) is 205 Å². The van der Waals surface area contributed by atoms with Gasteiger partial charge < -0.3 is 4.57 Å². The van der Waals surface area contributed by atoms with Gasteiger partial charge in [-0.15, -0.1) is 0 Å². The summed E-state index contributed by atoms with van der Waals surface area (Å²) in [5, 5.41) is 5.85. The summed E-state index contributed by atoms with van der Waals surface area (Å²) >= 11 is 0. The summed E-state index contributed by atoms with van der Waals surface area (Å²) in [7, 11) is 0. The van der Waals surface area contributed by atoms with Gasteiger partial charge >= 0.3 is 0 Å². The predicted molar refractivity (Wildman–Crippen MR) is 246 cm³/mol. The average Bonchev–Trinajstić information content (AvgIpc) is 3.64. The van der Waals surface area contributed by atoms with E-state index >= 15 is 0 Å². The zero-order valence-corrected chi connectivity index (χ0v) is 32.8. The second-order valence-corrected chi connectivity index (χ2v) is 15.4. The Bertz CT molecular complexity index is 3300. The van der Waals surface area contributed by atoms with E-state index in [1.165, 1.54) is 32.8 Å². The van der Waals surface area contributed by atoms with Crippen LogP contribution in [0, 0.1) is 13.8 Å². The maximum atomic E-state index is 5.47. The molecule has 59 heavy (non-hydrogen) atoms. The van der Waals surface area contributed by atoms with Gasteiger partial charge in [0.05, 0.1) is 33.6 Å². The van der Waals surface area contributed by atoms with Gasteiger partial charge in [0, 0.05) is 49.5 Å². The molecule has 0 fully saturated rings. The molecular formula is C55H38N4. The highest BCUT2D eigenvalue weighted by Crippen LogP contribution is 2.43. The molecule has 278 valence electrons. The van der Waals surface area contributed by atoms with E-state index in [0.29, 0.717) is 5.82 Å². The molecule has 0 aliphatic carbocycles. The smallest absolute Gasteiger partial charge is 0.160 e. The van der Waals surface area contributed by atoms with Crippen molar-refractivity contribution in [2.45, 2.75) is 13.8 Å². The first-order valence-electron chi connectivity index (χ1n) is 20.1. The number of para-hydroxylation sites is 2. The Kier molecular flexibility index (Phi) is 8.23. The molecule has 3 heterocycles. The van der Waals surface area contributed by atoms with Crippen molar-refractivity contribution in [3.63, 3.8) is 0 Å². The van der Waals surface area contributed by atoms with Crippen LogP contribution in [-0.2, 0) is 0 Å². The van der Waals surface area contributed by atoms with Gasteiger partial charge in [-0.05, 0) is 78.9 Å². The lowest BCUT2D eigenvalue weighted by molar-refractivity contribution is 1.18. The quantitative estimate of drug-likeness (QED) is 0.159. The first-order chi connectivity index (χ1) is 29.1. The van der Waals surface area contributed by atoms with Crippen LogP contribution in [0.15, 0.2) is 194 Å². The third kappa shape index (κ3) is 6.05. The third-order valence-corrected chi connectivity index (χ3v) is 11.5.